The predicted molar refractivity (Wildman–Crippen MR) is 69.1 cm³/mol. The minimum Gasteiger partial charge on any atom is -0.495 e. The molecule has 1 rings (SSSR count). The van der Waals surface area contributed by atoms with Crippen LogP contribution in [0.25, 0.3) is 0 Å². The summed E-state index contributed by atoms with van der Waals surface area (Å²) >= 11 is 0. The van der Waals surface area contributed by atoms with Crippen LogP contribution in [0.1, 0.15) is 41.0 Å². The number of allylic oxidation sites excluding steroid dienone is 4. The molecule has 0 radical (unpaired) electrons. The van der Waals surface area contributed by atoms with Gasteiger partial charge in [0.05, 0.1) is 11.9 Å². The standard InChI is InChI=1S/C14H25NO/c1-10(2)15(6)14-8-7-13(9-12(14)5)16-11(3)4/h7-8,10-12H,9H2,1-6H3. The molecule has 0 bridgehead atoms. The topological polar surface area (TPSA) is 12.5 Å². The Morgan fingerprint density at radius 2 is 1.88 bits per heavy atom. The maximum absolute atomic E-state index is 5.75. The van der Waals surface area contributed by atoms with Crippen LogP contribution in [0.4, 0.5) is 0 Å². The van der Waals surface area contributed by atoms with Crippen LogP contribution >= 0.6 is 0 Å². The number of rotatable bonds is 4. The van der Waals surface area contributed by atoms with Crippen molar-refractivity contribution in [2.24, 2.45) is 5.92 Å². The van der Waals surface area contributed by atoms with Crippen molar-refractivity contribution in [1.29, 1.82) is 0 Å². The van der Waals surface area contributed by atoms with Crippen molar-refractivity contribution in [2.75, 3.05) is 7.05 Å². The van der Waals surface area contributed by atoms with E-state index in [-0.39, 0.29) is 6.10 Å². The normalized spacial score (nSPS) is 20.9. The monoisotopic (exact) mass is 223 g/mol. The molecule has 0 saturated heterocycles. The van der Waals surface area contributed by atoms with E-state index < -0.39 is 0 Å². The molecule has 16 heavy (non-hydrogen) atoms. The van der Waals surface area contributed by atoms with E-state index in [1.54, 1.807) is 0 Å². The van der Waals surface area contributed by atoms with Gasteiger partial charge in [-0.3, -0.25) is 0 Å². The second-order valence-electron chi connectivity index (χ2n) is 5.20. The first-order chi connectivity index (χ1) is 7.41. The molecule has 2 nitrogen and oxygen atoms in total. The average molecular weight is 223 g/mol. The maximum atomic E-state index is 5.75. The molecule has 0 saturated carbocycles. The average Bonchev–Trinajstić information content (AvgIpc) is 2.15. The molecule has 1 unspecified atom stereocenters. The summed E-state index contributed by atoms with van der Waals surface area (Å²) in [5.74, 6) is 1.66. The highest BCUT2D eigenvalue weighted by Crippen LogP contribution is 2.28. The Bertz CT molecular complexity index is 289. The zero-order chi connectivity index (χ0) is 12.3. The van der Waals surface area contributed by atoms with Crippen molar-refractivity contribution in [3.05, 3.63) is 23.6 Å². The largest absolute Gasteiger partial charge is 0.495 e. The molecule has 1 aliphatic rings. The van der Waals surface area contributed by atoms with E-state index in [1.807, 2.05) is 0 Å². The van der Waals surface area contributed by atoms with E-state index in [9.17, 15) is 0 Å². The quantitative estimate of drug-likeness (QED) is 0.722. The molecule has 0 aromatic rings. The minimum absolute atomic E-state index is 0.274. The van der Waals surface area contributed by atoms with E-state index in [1.165, 1.54) is 5.70 Å². The van der Waals surface area contributed by atoms with Gasteiger partial charge in [-0.05, 0) is 39.8 Å². The highest BCUT2D eigenvalue weighted by Gasteiger charge is 2.20. The van der Waals surface area contributed by atoms with E-state index in [2.05, 4.69) is 58.7 Å². The molecule has 1 aliphatic carbocycles. The van der Waals surface area contributed by atoms with Gasteiger partial charge in [0.25, 0.3) is 0 Å². The number of hydrogen-bond acceptors (Lipinski definition) is 2. The Hall–Kier alpha value is -0.920. The van der Waals surface area contributed by atoms with E-state index in [0.29, 0.717) is 12.0 Å². The molecular formula is C14H25NO. The smallest absolute Gasteiger partial charge is 0.0970 e. The molecule has 0 amide bonds. The lowest BCUT2D eigenvalue weighted by Crippen LogP contribution is -2.30. The third-order valence-electron chi connectivity index (χ3n) is 3.02. The summed E-state index contributed by atoms with van der Waals surface area (Å²) in [5.41, 5.74) is 1.41. The fourth-order valence-corrected chi connectivity index (χ4v) is 1.97. The molecule has 0 aromatic carbocycles. The molecule has 0 spiro atoms. The molecule has 0 aromatic heterocycles. The van der Waals surface area contributed by atoms with Crippen LogP contribution in [-0.2, 0) is 4.74 Å². The predicted octanol–water partition coefficient (Wildman–Crippen LogP) is 3.56. The number of hydrogen-bond donors (Lipinski definition) is 0. The zero-order valence-corrected chi connectivity index (χ0v) is 11.4. The molecule has 92 valence electrons. The first-order valence-corrected chi connectivity index (χ1v) is 6.22. The van der Waals surface area contributed by atoms with Crippen LogP contribution in [-0.4, -0.2) is 24.1 Å². The van der Waals surface area contributed by atoms with Crippen LogP contribution in [0.2, 0.25) is 0 Å². The van der Waals surface area contributed by atoms with Crippen LogP contribution in [0.3, 0.4) is 0 Å². The highest BCUT2D eigenvalue weighted by molar-refractivity contribution is 5.23. The second kappa shape index (κ2) is 5.42. The number of ether oxygens (including phenoxy) is 1. The molecule has 0 aliphatic heterocycles. The van der Waals surface area contributed by atoms with Gasteiger partial charge in [-0.2, -0.15) is 0 Å². The van der Waals surface area contributed by atoms with Gasteiger partial charge in [-0.25, -0.2) is 0 Å². The van der Waals surface area contributed by atoms with Gasteiger partial charge in [0, 0.05) is 31.1 Å². The Labute approximate surface area is 100.0 Å². The lowest BCUT2D eigenvalue weighted by atomic mass is 9.96. The van der Waals surface area contributed by atoms with Gasteiger partial charge >= 0.3 is 0 Å². The van der Waals surface area contributed by atoms with Crippen molar-refractivity contribution < 1.29 is 4.74 Å². The van der Waals surface area contributed by atoms with Crippen molar-refractivity contribution in [2.45, 2.75) is 53.2 Å². The van der Waals surface area contributed by atoms with Gasteiger partial charge < -0.3 is 9.64 Å². The van der Waals surface area contributed by atoms with Crippen molar-refractivity contribution in [3.63, 3.8) is 0 Å². The molecular weight excluding hydrogens is 198 g/mol. The highest BCUT2D eigenvalue weighted by atomic mass is 16.5. The van der Waals surface area contributed by atoms with Gasteiger partial charge in [0.1, 0.15) is 0 Å². The lowest BCUT2D eigenvalue weighted by Gasteiger charge is -2.33. The Kier molecular flexibility index (Phi) is 4.45. The summed E-state index contributed by atoms with van der Waals surface area (Å²) in [5, 5.41) is 0. The summed E-state index contributed by atoms with van der Waals surface area (Å²) in [7, 11) is 2.16. The van der Waals surface area contributed by atoms with E-state index in [0.717, 1.165) is 12.2 Å². The Morgan fingerprint density at radius 1 is 1.25 bits per heavy atom. The summed E-state index contributed by atoms with van der Waals surface area (Å²) in [4.78, 5) is 2.34. The fraction of sp³-hybridized carbons (Fsp3) is 0.714. The second-order valence-corrected chi connectivity index (χ2v) is 5.20. The fourth-order valence-electron chi connectivity index (χ4n) is 1.97. The summed E-state index contributed by atoms with van der Waals surface area (Å²) in [6.07, 6.45) is 5.61. The van der Waals surface area contributed by atoms with Crippen LogP contribution < -0.4 is 0 Å². The van der Waals surface area contributed by atoms with Gasteiger partial charge in [-0.15, -0.1) is 0 Å². The van der Waals surface area contributed by atoms with E-state index in [4.69, 9.17) is 4.74 Å². The summed E-state index contributed by atoms with van der Waals surface area (Å²) in [6.45, 7) is 10.9. The van der Waals surface area contributed by atoms with Crippen LogP contribution in [0.5, 0.6) is 0 Å². The van der Waals surface area contributed by atoms with Crippen molar-refractivity contribution in [3.8, 4) is 0 Å². The van der Waals surface area contributed by atoms with Crippen molar-refractivity contribution in [1.82, 2.24) is 4.90 Å². The van der Waals surface area contributed by atoms with Gasteiger partial charge in [0.15, 0.2) is 0 Å². The van der Waals surface area contributed by atoms with Gasteiger partial charge in [-0.1, -0.05) is 6.92 Å². The zero-order valence-electron chi connectivity index (χ0n) is 11.4. The van der Waals surface area contributed by atoms with Crippen LogP contribution in [0.15, 0.2) is 23.6 Å². The maximum Gasteiger partial charge on any atom is 0.0970 e. The molecule has 0 fully saturated rings. The SMILES string of the molecule is CC(C)OC1=CC=C(N(C)C(C)C)C(C)C1. The Morgan fingerprint density at radius 3 is 2.31 bits per heavy atom. The lowest BCUT2D eigenvalue weighted by molar-refractivity contribution is 0.131. The minimum atomic E-state index is 0.274. The molecule has 1 atom stereocenters. The third kappa shape index (κ3) is 3.29. The first kappa shape index (κ1) is 13.1. The van der Waals surface area contributed by atoms with Gasteiger partial charge in [0.2, 0.25) is 0 Å². The van der Waals surface area contributed by atoms with Crippen molar-refractivity contribution >= 4 is 0 Å². The van der Waals surface area contributed by atoms with E-state index >= 15 is 0 Å². The third-order valence-corrected chi connectivity index (χ3v) is 3.02. The summed E-state index contributed by atoms with van der Waals surface area (Å²) in [6, 6.07) is 0.551. The molecule has 0 heterocycles. The number of nitrogens with zero attached hydrogens (tertiary/aromatic N) is 1. The first-order valence-electron chi connectivity index (χ1n) is 6.22. The Balaban J connectivity index is 2.74. The molecule has 0 N–H and O–H groups in total. The van der Waals surface area contributed by atoms with Crippen LogP contribution in [0, 0.1) is 5.92 Å². The summed E-state index contributed by atoms with van der Waals surface area (Å²) < 4.78 is 5.75. The molecule has 2 heteroatoms.